The van der Waals surface area contributed by atoms with Gasteiger partial charge in [-0.3, -0.25) is 9.88 Å². The number of hydrogen-bond donors (Lipinski definition) is 1. The number of fused-ring (bicyclic) bond motifs is 4. The Labute approximate surface area is 228 Å². The van der Waals surface area contributed by atoms with Gasteiger partial charge in [0.15, 0.2) is 0 Å². The number of alkyl halides is 6. The molecule has 39 heavy (non-hydrogen) atoms. The minimum atomic E-state index is -4.93. The summed E-state index contributed by atoms with van der Waals surface area (Å²) in [6.07, 6.45) is -4.62. The van der Waals surface area contributed by atoms with E-state index >= 15 is 0 Å². The lowest BCUT2D eigenvalue weighted by Crippen LogP contribution is -2.55. The number of aromatic nitrogens is 1. The summed E-state index contributed by atoms with van der Waals surface area (Å²) < 4.78 is 80.4. The third-order valence-electron chi connectivity index (χ3n) is 8.28. The second kappa shape index (κ2) is 10.7. The molecule has 10 heteroatoms. The van der Waals surface area contributed by atoms with E-state index in [1.54, 1.807) is 6.20 Å². The van der Waals surface area contributed by atoms with Crippen LogP contribution < -0.4 is 5.32 Å². The van der Waals surface area contributed by atoms with Crippen LogP contribution in [-0.4, -0.2) is 34.0 Å². The van der Waals surface area contributed by atoms with Crippen LogP contribution in [0.1, 0.15) is 55.2 Å². The Kier molecular flexibility index (Phi) is 7.63. The number of halogens is 6. The van der Waals surface area contributed by atoms with Crippen molar-refractivity contribution in [1.82, 2.24) is 9.88 Å². The minimum Gasteiger partial charge on any atom is -0.350 e. The molecular formula is C29H29F6N3S. The Morgan fingerprint density at radius 3 is 2.36 bits per heavy atom. The summed E-state index contributed by atoms with van der Waals surface area (Å²) in [6.45, 7) is 4.15. The molecule has 3 fully saturated rings. The van der Waals surface area contributed by atoms with Crippen LogP contribution >= 0.6 is 12.2 Å². The molecule has 2 aromatic carbocycles. The summed E-state index contributed by atoms with van der Waals surface area (Å²) in [5.74, 6) is 1.10. The third-order valence-corrected chi connectivity index (χ3v) is 8.55. The van der Waals surface area contributed by atoms with Crippen LogP contribution in [0.4, 0.5) is 32.0 Å². The Balaban J connectivity index is 1.48. The van der Waals surface area contributed by atoms with E-state index in [9.17, 15) is 26.3 Å². The summed E-state index contributed by atoms with van der Waals surface area (Å²) in [4.78, 5) is 7.17. The highest BCUT2D eigenvalue weighted by Crippen LogP contribution is 2.45. The Morgan fingerprint density at radius 1 is 1.05 bits per heavy atom. The molecule has 1 aromatic heterocycles. The fourth-order valence-electron chi connectivity index (χ4n) is 6.39. The predicted octanol–water partition coefficient (Wildman–Crippen LogP) is 8.31. The highest BCUT2D eigenvalue weighted by molar-refractivity contribution is 7.80. The molecule has 4 heterocycles. The molecule has 208 valence electrons. The van der Waals surface area contributed by atoms with E-state index in [1.165, 1.54) is 0 Å². The number of para-hydroxylation sites is 1. The summed E-state index contributed by atoms with van der Waals surface area (Å²) in [7, 11) is 0. The van der Waals surface area contributed by atoms with Crippen LogP contribution in [0.2, 0.25) is 0 Å². The van der Waals surface area contributed by atoms with E-state index in [2.05, 4.69) is 22.1 Å². The monoisotopic (exact) mass is 565 g/mol. The van der Waals surface area contributed by atoms with Crippen LogP contribution in [0.15, 0.2) is 54.7 Å². The lowest BCUT2D eigenvalue weighted by molar-refractivity contribution is -0.143. The first kappa shape index (κ1) is 27.8. The first-order valence-corrected chi connectivity index (χ1v) is 13.5. The highest BCUT2D eigenvalue weighted by atomic mass is 32.1. The SMILES string of the molecule is CC[C@H]1CN2CCC1C[C@H]2[C@@H](CC(=S)Nc1cc(C(F)(F)F)cc(C(F)(F)F)c1)c1ccnc2ccccc12. The predicted molar refractivity (Wildman–Crippen MR) is 144 cm³/mol. The molecular weight excluding hydrogens is 536 g/mol. The Bertz CT molecular complexity index is 1320. The average Bonchev–Trinajstić information content (AvgIpc) is 2.90. The van der Waals surface area contributed by atoms with Crippen LogP contribution in [0.5, 0.6) is 0 Å². The van der Waals surface area contributed by atoms with Gasteiger partial charge in [0.05, 0.1) is 21.6 Å². The van der Waals surface area contributed by atoms with E-state index in [0.717, 1.165) is 48.8 Å². The van der Waals surface area contributed by atoms with Crippen LogP contribution in [0, 0.1) is 11.8 Å². The van der Waals surface area contributed by atoms with Crippen molar-refractivity contribution in [2.45, 2.75) is 56.9 Å². The molecule has 6 rings (SSSR count). The van der Waals surface area contributed by atoms with Crippen molar-refractivity contribution in [2.24, 2.45) is 11.8 Å². The smallest absolute Gasteiger partial charge is 0.350 e. The zero-order valence-electron chi connectivity index (χ0n) is 21.3. The lowest BCUT2D eigenvalue weighted by Gasteiger charge is -2.52. The topological polar surface area (TPSA) is 28.2 Å². The molecule has 3 nitrogen and oxygen atoms in total. The number of piperidine rings is 3. The molecule has 0 amide bonds. The summed E-state index contributed by atoms with van der Waals surface area (Å²) in [6, 6.07) is 11.4. The molecule has 0 aliphatic carbocycles. The maximum Gasteiger partial charge on any atom is 0.416 e. The molecule has 3 aliphatic rings. The quantitative estimate of drug-likeness (QED) is 0.240. The molecule has 2 unspecified atom stereocenters. The zero-order chi connectivity index (χ0) is 27.9. The van der Waals surface area contributed by atoms with Gasteiger partial charge in [-0.1, -0.05) is 43.8 Å². The largest absolute Gasteiger partial charge is 0.416 e. The molecule has 3 saturated heterocycles. The van der Waals surface area contributed by atoms with Gasteiger partial charge in [0.1, 0.15) is 0 Å². The third kappa shape index (κ3) is 5.91. The fourth-order valence-corrected chi connectivity index (χ4v) is 6.69. The van der Waals surface area contributed by atoms with Gasteiger partial charge in [0, 0.05) is 42.2 Å². The van der Waals surface area contributed by atoms with Crippen molar-refractivity contribution in [2.75, 3.05) is 18.4 Å². The Morgan fingerprint density at radius 2 is 1.74 bits per heavy atom. The first-order chi connectivity index (χ1) is 18.4. The second-order valence-electron chi connectivity index (χ2n) is 10.6. The lowest BCUT2D eigenvalue weighted by atomic mass is 9.69. The van der Waals surface area contributed by atoms with E-state index in [0.29, 0.717) is 24.0 Å². The molecule has 3 aromatic rings. The molecule has 1 N–H and O–H groups in total. The summed E-state index contributed by atoms with van der Waals surface area (Å²) in [5, 5.41) is 3.69. The maximum atomic E-state index is 13.4. The number of anilines is 1. The number of nitrogens with one attached hydrogen (secondary N) is 1. The number of benzene rings is 2. The van der Waals surface area contributed by atoms with Gasteiger partial charge >= 0.3 is 12.4 Å². The molecule has 3 aliphatic heterocycles. The Hall–Kier alpha value is -2.72. The zero-order valence-corrected chi connectivity index (χ0v) is 22.1. The van der Waals surface area contributed by atoms with Gasteiger partial charge in [0.2, 0.25) is 0 Å². The van der Waals surface area contributed by atoms with Crippen molar-refractivity contribution in [3.05, 3.63) is 71.4 Å². The number of hydrogen-bond acceptors (Lipinski definition) is 3. The van der Waals surface area contributed by atoms with Crippen molar-refractivity contribution < 1.29 is 26.3 Å². The van der Waals surface area contributed by atoms with Crippen LogP contribution in [0.25, 0.3) is 10.9 Å². The number of rotatable bonds is 6. The average molecular weight is 566 g/mol. The van der Waals surface area contributed by atoms with Crippen molar-refractivity contribution in [3.63, 3.8) is 0 Å². The normalized spacial score (nSPS) is 24.1. The number of pyridine rings is 1. The maximum absolute atomic E-state index is 13.4. The van der Waals surface area contributed by atoms with Gasteiger partial charge in [-0.05, 0) is 67.1 Å². The van der Waals surface area contributed by atoms with Crippen molar-refractivity contribution in [3.8, 4) is 0 Å². The molecule has 0 radical (unpaired) electrons. The summed E-state index contributed by atoms with van der Waals surface area (Å²) in [5.41, 5.74) is -1.21. The molecule has 0 spiro atoms. The van der Waals surface area contributed by atoms with Crippen molar-refractivity contribution >= 4 is 33.8 Å². The van der Waals surface area contributed by atoms with Gasteiger partial charge < -0.3 is 5.32 Å². The van der Waals surface area contributed by atoms with E-state index < -0.39 is 23.5 Å². The molecule has 0 saturated carbocycles. The highest BCUT2D eigenvalue weighted by Gasteiger charge is 2.43. The van der Waals surface area contributed by atoms with Gasteiger partial charge in [-0.25, -0.2) is 0 Å². The summed E-state index contributed by atoms with van der Waals surface area (Å²) >= 11 is 5.60. The van der Waals surface area contributed by atoms with E-state index in [4.69, 9.17) is 12.2 Å². The van der Waals surface area contributed by atoms with E-state index in [1.807, 2.05) is 30.3 Å². The molecule has 2 bridgehead atoms. The number of nitrogens with zero attached hydrogens (tertiary/aromatic N) is 2. The van der Waals surface area contributed by atoms with E-state index in [-0.39, 0.29) is 35.1 Å². The fraction of sp³-hybridized carbons (Fsp3) is 0.448. The second-order valence-corrected chi connectivity index (χ2v) is 11.1. The van der Waals surface area contributed by atoms with Crippen LogP contribution in [-0.2, 0) is 12.4 Å². The molecule has 5 atom stereocenters. The number of thiocarbonyl (C=S) groups is 1. The van der Waals surface area contributed by atoms with Crippen molar-refractivity contribution in [1.29, 1.82) is 0 Å². The minimum absolute atomic E-state index is 0.105. The van der Waals surface area contributed by atoms with Gasteiger partial charge in [-0.15, -0.1) is 0 Å². The van der Waals surface area contributed by atoms with Gasteiger partial charge in [0.25, 0.3) is 0 Å². The standard InChI is InChI=1S/C29H29F6N3S/c1-2-17-16-38-10-8-18(17)11-26(38)24(22-7-9-36-25-6-4-3-5-23(22)25)15-27(39)37-21-13-19(28(30,31)32)12-20(14-21)29(33,34)35/h3-7,9,12-14,17-18,24,26H,2,8,10-11,15-16H2,1H3,(H,37,39)/t17-,18?,24-,26-/m0/s1. The van der Waals surface area contributed by atoms with Gasteiger partial charge in [-0.2, -0.15) is 26.3 Å². The first-order valence-electron chi connectivity index (χ1n) is 13.1. The van der Waals surface area contributed by atoms with Crippen LogP contribution in [0.3, 0.4) is 0 Å².